The first-order valence-corrected chi connectivity index (χ1v) is 8.94. The van der Waals surface area contributed by atoms with Gasteiger partial charge < -0.3 is 19.0 Å². The van der Waals surface area contributed by atoms with E-state index >= 15 is 0 Å². The second-order valence-corrected chi connectivity index (χ2v) is 6.61. The van der Waals surface area contributed by atoms with E-state index in [0.717, 1.165) is 17.4 Å². The summed E-state index contributed by atoms with van der Waals surface area (Å²) in [5.41, 5.74) is 1.62. The van der Waals surface area contributed by atoms with Crippen LogP contribution in [0.3, 0.4) is 0 Å². The standard InChI is InChI=1S/C20H21ClFNO4/c1-25-17-4-3-5-18(26-2)19(17)20-23(14(11-24)12-27-20)9-8-13-6-7-16(22)15(21)10-13/h3-7,10-11,14,20H,8-9,12H2,1-2H3. The van der Waals surface area contributed by atoms with Crippen molar-refractivity contribution >= 4 is 17.9 Å². The van der Waals surface area contributed by atoms with E-state index in [1.165, 1.54) is 6.07 Å². The molecule has 2 aromatic carbocycles. The Morgan fingerprint density at radius 1 is 1.26 bits per heavy atom. The van der Waals surface area contributed by atoms with Gasteiger partial charge >= 0.3 is 0 Å². The summed E-state index contributed by atoms with van der Waals surface area (Å²) in [6.45, 7) is 0.802. The molecule has 0 bridgehead atoms. The minimum absolute atomic E-state index is 0.0834. The van der Waals surface area contributed by atoms with Crippen molar-refractivity contribution in [3.05, 3.63) is 58.4 Å². The van der Waals surface area contributed by atoms with Gasteiger partial charge in [0.15, 0.2) is 0 Å². The summed E-state index contributed by atoms with van der Waals surface area (Å²) in [7, 11) is 3.16. The van der Waals surface area contributed by atoms with Crippen molar-refractivity contribution in [2.24, 2.45) is 0 Å². The lowest BCUT2D eigenvalue weighted by Gasteiger charge is -2.28. The third-order valence-electron chi connectivity index (χ3n) is 4.66. The summed E-state index contributed by atoms with van der Waals surface area (Å²) in [5, 5.41) is 0.0834. The van der Waals surface area contributed by atoms with E-state index in [1.54, 1.807) is 26.4 Å². The number of aldehydes is 1. The summed E-state index contributed by atoms with van der Waals surface area (Å²) in [6, 6.07) is 9.73. The lowest BCUT2D eigenvalue weighted by Crippen LogP contribution is -2.35. The number of hydrogen-bond acceptors (Lipinski definition) is 5. The minimum Gasteiger partial charge on any atom is -0.496 e. The summed E-state index contributed by atoms with van der Waals surface area (Å²) >= 11 is 5.87. The molecule has 2 atom stereocenters. The van der Waals surface area contributed by atoms with Crippen LogP contribution in [0, 0.1) is 5.82 Å². The molecule has 1 heterocycles. The number of hydrogen-bond donors (Lipinski definition) is 0. The molecule has 144 valence electrons. The number of benzene rings is 2. The highest BCUT2D eigenvalue weighted by atomic mass is 35.5. The molecule has 3 rings (SSSR count). The Hall–Kier alpha value is -2.15. The van der Waals surface area contributed by atoms with Crippen molar-refractivity contribution < 1.29 is 23.4 Å². The van der Waals surface area contributed by atoms with Crippen LogP contribution in [-0.4, -0.2) is 44.6 Å². The molecule has 0 aromatic heterocycles. The van der Waals surface area contributed by atoms with E-state index in [-0.39, 0.29) is 17.7 Å². The van der Waals surface area contributed by atoms with Crippen molar-refractivity contribution in [1.82, 2.24) is 4.90 Å². The monoisotopic (exact) mass is 393 g/mol. The van der Waals surface area contributed by atoms with Crippen LogP contribution in [0.25, 0.3) is 0 Å². The first kappa shape index (κ1) is 19.6. The van der Waals surface area contributed by atoms with Crippen molar-refractivity contribution in [3.8, 4) is 11.5 Å². The Bertz CT molecular complexity index is 794. The molecular weight excluding hydrogens is 373 g/mol. The van der Waals surface area contributed by atoms with Gasteiger partial charge in [0, 0.05) is 6.54 Å². The van der Waals surface area contributed by atoms with Gasteiger partial charge in [-0.15, -0.1) is 0 Å². The van der Waals surface area contributed by atoms with Crippen LogP contribution >= 0.6 is 11.6 Å². The predicted octanol–water partition coefficient (Wildman–Crippen LogP) is 3.64. The normalized spacial score (nSPS) is 19.9. The van der Waals surface area contributed by atoms with Gasteiger partial charge in [0.25, 0.3) is 0 Å². The second-order valence-electron chi connectivity index (χ2n) is 6.20. The SMILES string of the molecule is COc1cccc(OC)c1C1OCC(C=O)N1CCc1ccc(F)c(Cl)c1. The highest BCUT2D eigenvalue weighted by Crippen LogP contribution is 2.41. The smallest absolute Gasteiger partial charge is 0.144 e. The second kappa shape index (κ2) is 8.69. The number of rotatable bonds is 7. The lowest BCUT2D eigenvalue weighted by molar-refractivity contribution is -0.111. The van der Waals surface area contributed by atoms with Crippen LogP contribution in [0.5, 0.6) is 11.5 Å². The summed E-state index contributed by atoms with van der Waals surface area (Å²) in [5.74, 6) is 0.800. The molecule has 1 aliphatic heterocycles. The topological polar surface area (TPSA) is 48.0 Å². The van der Waals surface area contributed by atoms with Gasteiger partial charge in [-0.1, -0.05) is 23.7 Å². The predicted molar refractivity (Wildman–Crippen MR) is 99.9 cm³/mol. The lowest BCUT2D eigenvalue weighted by atomic mass is 10.1. The van der Waals surface area contributed by atoms with Crippen LogP contribution in [0.2, 0.25) is 5.02 Å². The number of carbonyl (C=O) groups excluding carboxylic acids is 1. The zero-order valence-electron chi connectivity index (χ0n) is 15.2. The molecular formula is C20H21ClFNO4. The third kappa shape index (κ3) is 4.08. The van der Waals surface area contributed by atoms with E-state index in [0.29, 0.717) is 24.5 Å². The number of halogens is 2. The van der Waals surface area contributed by atoms with Crippen LogP contribution in [-0.2, 0) is 16.0 Å². The molecule has 0 saturated carbocycles. The molecule has 27 heavy (non-hydrogen) atoms. The summed E-state index contributed by atoms with van der Waals surface area (Å²) in [6.07, 6.45) is 0.975. The Kier molecular flexibility index (Phi) is 6.31. The molecule has 0 spiro atoms. The Morgan fingerprint density at radius 3 is 2.56 bits per heavy atom. The number of nitrogens with zero attached hydrogens (tertiary/aromatic N) is 1. The first-order chi connectivity index (χ1) is 13.1. The van der Waals surface area contributed by atoms with Crippen molar-refractivity contribution in [2.45, 2.75) is 18.7 Å². The molecule has 1 fully saturated rings. The minimum atomic E-state index is -0.484. The van der Waals surface area contributed by atoms with Gasteiger partial charge in [-0.2, -0.15) is 0 Å². The van der Waals surface area contributed by atoms with Gasteiger partial charge in [0.2, 0.25) is 0 Å². The van der Waals surface area contributed by atoms with Crippen molar-refractivity contribution in [2.75, 3.05) is 27.4 Å². The third-order valence-corrected chi connectivity index (χ3v) is 4.95. The maximum atomic E-state index is 13.4. The largest absolute Gasteiger partial charge is 0.496 e. The fourth-order valence-corrected chi connectivity index (χ4v) is 3.48. The highest BCUT2D eigenvalue weighted by Gasteiger charge is 2.38. The van der Waals surface area contributed by atoms with Crippen LogP contribution in [0.4, 0.5) is 4.39 Å². The van der Waals surface area contributed by atoms with E-state index in [4.69, 9.17) is 25.8 Å². The zero-order chi connectivity index (χ0) is 19.4. The first-order valence-electron chi connectivity index (χ1n) is 8.56. The van der Waals surface area contributed by atoms with E-state index in [9.17, 15) is 9.18 Å². The zero-order valence-corrected chi connectivity index (χ0v) is 15.9. The molecule has 2 aromatic rings. The van der Waals surface area contributed by atoms with Crippen LogP contribution in [0.1, 0.15) is 17.4 Å². The quantitative estimate of drug-likeness (QED) is 0.672. The molecule has 7 heteroatoms. The molecule has 0 amide bonds. The molecule has 5 nitrogen and oxygen atoms in total. The van der Waals surface area contributed by atoms with E-state index in [2.05, 4.69) is 0 Å². The van der Waals surface area contributed by atoms with E-state index in [1.807, 2.05) is 23.1 Å². The highest BCUT2D eigenvalue weighted by molar-refractivity contribution is 6.30. The van der Waals surface area contributed by atoms with Gasteiger partial charge in [0.05, 0.1) is 37.5 Å². The molecule has 1 aliphatic rings. The Balaban J connectivity index is 1.87. The van der Waals surface area contributed by atoms with E-state index < -0.39 is 12.0 Å². The van der Waals surface area contributed by atoms with Crippen molar-refractivity contribution in [3.63, 3.8) is 0 Å². The number of ether oxygens (including phenoxy) is 3. The Labute approximate surface area is 162 Å². The van der Waals surface area contributed by atoms with Gasteiger partial charge in [0.1, 0.15) is 29.8 Å². The molecule has 0 radical (unpaired) electrons. The maximum absolute atomic E-state index is 13.4. The molecule has 1 saturated heterocycles. The average Bonchev–Trinajstić information content (AvgIpc) is 3.10. The van der Waals surface area contributed by atoms with Gasteiger partial charge in [-0.3, -0.25) is 4.90 Å². The maximum Gasteiger partial charge on any atom is 0.144 e. The number of methoxy groups -OCH3 is 2. The fraction of sp³-hybridized carbons (Fsp3) is 0.350. The summed E-state index contributed by atoms with van der Waals surface area (Å²) < 4.78 is 30.2. The number of carbonyl (C=O) groups is 1. The van der Waals surface area contributed by atoms with Gasteiger partial charge in [-0.05, 0) is 36.2 Å². The van der Waals surface area contributed by atoms with Gasteiger partial charge in [-0.25, -0.2) is 4.39 Å². The fourth-order valence-electron chi connectivity index (χ4n) is 3.28. The van der Waals surface area contributed by atoms with Crippen LogP contribution < -0.4 is 9.47 Å². The van der Waals surface area contributed by atoms with Crippen LogP contribution in [0.15, 0.2) is 36.4 Å². The van der Waals surface area contributed by atoms with Crippen molar-refractivity contribution in [1.29, 1.82) is 0 Å². The molecule has 0 aliphatic carbocycles. The molecule has 2 unspecified atom stereocenters. The molecule has 0 N–H and O–H groups in total. The summed E-state index contributed by atoms with van der Waals surface area (Å²) in [4.78, 5) is 13.5. The Morgan fingerprint density at radius 2 is 1.96 bits per heavy atom. The average molecular weight is 394 g/mol.